The second-order valence-corrected chi connectivity index (χ2v) is 7.98. The number of ether oxygens (including phenoxy) is 1. The van der Waals surface area contributed by atoms with Crippen molar-refractivity contribution in [3.05, 3.63) is 30.3 Å². The Morgan fingerprint density at radius 1 is 1.17 bits per heavy atom. The summed E-state index contributed by atoms with van der Waals surface area (Å²) in [5.41, 5.74) is 0. The van der Waals surface area contributed by atoms with Gasteiger partial charge < -0.3 is 9.26 Å². The average molecular weight is 341 g/mol. The lowest BCUT2D eigenvalue weighted by molar-refractivity contribution is -0.146. The Kier molecular flexibility index (Phi) is 8.35. The third-order valence-corrected chi connectivity index (χ3v) is 5.89. The number of hydrogen-bond acceptors (Lipinski definition) is 4. The van der Waals surface area contributed by atoms with Gasteiger partial charge in [-0.15, -0.1) is 0 Å². The lowest BCUT2D eigenvalue weighted by Gasteiger charge is -2.23. The first-order valence-electron chi connectivity index (χ1n) is 8.22. The minimum atomic E-state index is -3.14. The summed E-state index contributed by atoms with van der Waals surface area (Å²) in [5.74, 6) is 0.481. The number of carbonyl (C=O) groups is 1. The fourth-order valence-corrected chi connectivity index (χ4v) is 3.55. The Labute approximate surface area is 139 Å². The van der Waals surface area contributed by atoms with Crippen LogP contribution in [0.4, 0.5) is 0 Å². The van der Waals surface area contributed by atoms with E-state index in [0.29, 0.717) is 18.3 Å². The van der Waals surface area contributed by atoms with Gasteiger partial charge in [-0.25, -0.2) is 5.09 Å². The van der Waals surface area contributed by atoms with Gasteiger partial charge in [-0.3, -0.25) is 9.36 Å². The quantitative estimate of drug-likeness (QED) is 0.509. The predicted octanol–water partition coefficient (Wildman–Crippen LogP) is 4.24. The first-order valence-corrected chi connectivity index (χ1v) is 10.0. The van der Waals surface area contributed by atoms with Crippen LogP contribution in [0.15, 0.2) is 30.3 Å². The largest absolute Gasteiger partial charge is 0.464 e. The first-order chi connectivity index (χ1) is 10.9. The minimum Gasteiger partial charge on any atom is -0.464 e. The molecule has 0 radical (unpaired) electrons. The molecule has 0 aliphatic rings. The van der Waals surface area contributed by atoms with E-state index in [1.165, 1.54) is 0 Å². The van der Waals surface area contributed by atoms with E-state index in [0.717, 1.165) is 12.8 Å². The first kappa shape index (κ1) is 19.7. The lowest BCUT2D eigenvalue weighted by Crippen LogP contribution is -2.35. The smallest absolute Gasteiger partial charge is 0.323 e. The van der Waals surface area contributed by atoms with Crippen molar-refractivity contribution in [1.29, 1.82) is 0 Å². The van der Waals surface area contributed by atoms with Crippen LogP contribution in [0, 0.1) is 5.92 Å². The summed E-state index contributed by atoms with van der Waals surface area (Å²) < 4.78 is 23.7. The summed E-state index contributed by atoms with van der Waals surface area (Å²) in [6.45, 7) is 7.95. The van der Waals surface area contributed by atoms with Gasteiger partial charge in [-0.2, -0.15) is 0 Å². The lowest BCUT2D eigenvalue weighted by atomic mass is 10.1. The topological polar surface area (TPSA) is 64.6 Å². The van der Waals surface area contributed by atoms with Gasteiger partial charge in [0.1, 0.15) is 11.8 Å². The SMILES string of the molecule is CCC(CC)COC(=O)[C@H](C)N[P@@](=O)(CC)Oc1ccccc1. The Morgan fingerprint density at radius 3 is 2.30 bits per heavy atom. The molecule has 0 saturated carbocycles. The molecular formula is C17H28NO4P. The normalized spacial score (nSPS) is 15.0. The van der Waals surface area contributed by atoms with Crippen molar-refractivity contribution in [3.8, 4) is 5.75 Å². The molecule has 2 atom stereocenters. The Hall–Kier alpha value is -1.32. The summed E-state index contributed by atoms with van der Waals surface area (Å²) in [5, 5.41) is 2.81. The summed E-state index contributed by atoms with van der Waals surface area (Å²) in [6.07, 6.45) is 2.22. The predicted molar refractivity (Wildman–Crippen MR) is 92.8 cm³/mol. The third kappa shape index (κ3) is 6.76. The van der Waals surface area contributed by atoms with Crippen molar-refractivity contribution < 1.29 is 18.6 Å². The molecular weight excluding hydrogens is 313 g/mol. The monoisotopic (exact) mass is 341 g/mol. The molecule has 0 aliphatic carbocycles. The molecule has 1 N–H and O–H groups in total. The molecule has 0 saturated heterocycles. The molecule has 1 rings (SSSR count). The number of nitrogens with one attached hydrogen (secondary N) is 1. The maximum atomic E-state index is 12.8. The summed E-state index contributed by atoms with van der Waals surface area (Å²) in [6, 6.07) is 8.26. The van der Waals surface area contributed by atoms with Crippen LogP contribution in [0.1, 0.15) is 40.5 Å². The van der Waals surface area contributed by atoms with Crippen LogP contribution >= 0.6 is 7.52 Å². The molecule has 0 aromatic heterocycles. The number of para-hydroxylation sites is 1. The van der Waals surface area contributed by atoms with E-state index in [-0.39, 0.29) is 6.16 Å². The van der Waals surface area contributed by atoms with Crippen molar-refractivity contribution in [1.82, 2.24) is 5.09 Å². The maximum Gasteiger partial charge on any atom is 0.323 e. The average Bonchev–Trinajstić information content (AvgIpc) is 2.56. The van der Waals surface area contributed by atoms with Gasteiger partial charge in [-0.05, 0) is 25.0 Å². The van der Waals surface area contributed by atoms with E-state index in [4.69, 9.17) is 9.26 Å². The third-order valence-electron chi connectivity index (χ3n) is 3.77. The fourth-order valence-electron chi connectivity index (χ4n) is 2.03. The highest BCUT2D eigenvalue weighted by Gasteiger charge is 2.28. The van der Waals surface area contributed by atoms with Crippen LogP contribution in [-0.4, -0.2) is 24.8 Å². The Morgan fingerprint density at radius 2 is 1.78 bits per heavy atom. The second-order valence-electron chi connectivity index (χ2n) is 5.56. The van der Waals surface area contributed by atoms with E-state index >= 15 is 0 Å². The molecule has 5 nitrogen and oxygen atoms in total. The van der Waals surface area contributed by atoms with Gasteiger partial charge in [0.25, 0.3) is 0 Å². The number of carbonyl (C=O) groups excluding carboxylic acids is 1. The van der Waals surface area contributed by atoms with Crippen LogP contribution < -0.4 is 9.61 Å². The maximum absolute atomic E-state index is 12.8. The van der Waals surface area contributed by atoms with Crippen LogP contribution in [0.2, 0.25) is 0 Å². The number of hydrogen-bond donors (Lipinski definition) is 1. The van der Waals surface area contributed by atoms with Crippen molar-refractivity contribution in [2.24, 2.45) is 5.92 Å². The van der Waals surface area contributed by atoms with Crippen molar-refractivity contribution in [2.75, 3.05) is 12.8 Å². The summed E-state index contributed by atoms with van der Waals surface area (Å²) >= 11 is 0. The molecule has 0 bridgehead atoms. The fraction of sp³-hybridized carbons (Fsp3) is 0.588. The van der Waals surface area contributed by atoms with Gasteiger partial charge >= 0.3 is 13.5 Å². The molecule has 0 aliphatic heterocycles. The highest BCUT2D eigenvalue weighted by Crippen LogP contribution is 2.42. The summed E-state index contributed by atoms with van der Waals surface area (Å²) in [4.78, 5) is 12.1. The number of esters is 1. The Balaban J connectivity index is 2.59. The molecule has 0 unspecified atom stereocenters. The van der Waals surface area contributed by atoms with Gasteiger partial charge in [-0.1, -0.05) is 51.8 Å². The van der Waals surface area contributed by atoms with E-state index in [1.807, 2.05) is 18.2 Å². The van der Waals surface area contributed by atoms with E-state index in [2.05, 4.69) is 18.9 Å². The molecule has 0 amide bonds. The summed E-state index contributed by atoms with van der Waals surface area (Å²) in [7, 11) is -3.14. The number of benzene rings is 1. The minimum absolute atomic E-state index is 0.284. The zero-order valence-electron chi connectivity index (χ0n) is 14.5. The molecule has 1 aromatic carbocycles. The Bertz CT molecular complexity index is 517. The van der Waals surface area contributed by atoms with E-state index in [1.54, 1.807) is 26.0 Å². The molecule has 6 heteroatoms. The molecule has 1 aromatic rings. The highest BCUT2D eigenvalue weighted by atomic mass is 31.2. The number of rotatable bonds is 10. The zero-order chi connectivity index (χ0) is 17.3. The van der Waals surface area contributed by atoms with Gasteiger partial charge in [0.15, 0.2) is 0 Å². The van der Waals surface area contributed by atoms with Crippen LogP contribution in [0.25, 0.3) is 0 Å². The van der Waals surface area contributed by atoms with Crippen molar-refractivity contribution in [2.45, 2.75) is 46.6 Å². The van der Waals surface area contributed by atoms with E-state index < -0.39 is 19.5 Å². The van der Waals surface area contributed by atoms with Crippen LogP contribution in [0.3, 0.4) is 0 Å². The van der Waals surface area contributed by atoms with Gasteiger partial charge in [0.2, 0.25) is 0 Å². The van der Waals surface area contributed by atoms with Gasteiger partial charge in [0, 0.05) is 6.16 Å². The second kappa shape index (κ2) is 9.74. The highest BCUT2D eigenvalue weighted by molar-refractivity contribution is 7.57. The van der Waals surface area contributed by atoms with Gasteiger partial charge in [0.05, 0.1) is 6.61 Å². The van der Waals surface area contributed by atoms with E-state index in [9.17, 15) is 9.36 Å². The molecule has 0 spiro atoms. The van der Waals surface area contributed by atoms with Crippen molar-refractivity contribution >= 4 is 13.5 Å². The molecule has 0 heterocycles. The molecule has 23 heavy (non-hydrogen) atoms. The van der Waals surface area contributed by atoms with Crippen LogP contribution in [0.5, 0.6) is 5.75 Å². The van der Waals surface area contributed by atoms with Crippen LogP contribution in [-0.2, 0) is 14.1 Å². The zero-order valence-corrected chi connectivity index (χ0v) is 15.3. The standard InChI is InChI=1S/C17H28NO4P/c1-5-15(6-2)13-21-17(19)14(4)18-23(20,7-3)22-16-11-9-8-10-12-16/h8-12,14-15H,5-7,13H2,1-4H3,(H,18,20)/t14-,23+/m0/s1. The molecule has 0 fully saturated rings. The van der Waals surface area contributed by atoms with Crippen molar-refractivity contribution in [3.63, 3.8) is 0 Å². The molecule has 130 valence electrons.